The molecule has 0 spiro atoms. The molecule has 2 aromatic rings. The summed E-state index contributed by atoms with van der Waals surface area (Å²) < 4.78 is 5.00. The topological polar surface area (TPSA) is 92.8 Å². The molecule has 1 aliphatic heterocycles. The van der Waals surface area contributed by atoms with E-state index in [2.05, 4.69) is 5.32 Å². The maximum Gasteiger partial charge on any atom is 0.339 e. The Hall–Kier alpha value is -3.00. The first kappa shape index (κ1) is 16.8. The van der Waals surface area contributed by atoms with Crippen LogP contribution in [-0.4, -0.2) is 48.3 Å². The lowest BCUT2D eigenvalue weighted by atomic mass is 10.0. The van der Waals surface area contributed by atoms with E-state index in [0.717, 1.165) is 4.90 Å². The summed E-state index contributed by atoms with van der Waals surface area (Å²) in [5.74, 6) is -1.67. The maximum absolute atomic E-state index is 12.5. The van der Waals surface area contributed by atoms with Crippen LogP contribution >= 0.6 is 11.3 Å². The van der Waals surface area contributed by atoms with Crippen LogP contribution in [0.15, 0.2) is 41.8 Å². The number of rotatable bonds is 5. The molecule has 0 bridgehead atoms. The number of esters is 1. The van der Waals surface area contributed by atoms with Crippen molar-refractivity contribution in [3.05, 3.63) is 57.8 Å². The Bertz CT molecular complexity index is 831. The number of hydrogen-bond acceptors (Lipinski definition) is 6. The minimum absolute atomic E-state index is 0.0829. The Balaban J connectivity index is 1.71. The number of nitrogens with zero attached hydrogens (tertiary/aromatic N) is 1. The van der Waals surface area contributed by atoms with Crippen molar-refractivity contribution in [3.63, 3.8) is 0 Å². The van der Waals surface area contributed by atoms with Gasteiger partial charge in [-0.15, -0.1) is 11.3 Å². The lowest BCUT2D eigenvalue weighted by Crippen LogP contribution is -2.37. The van der Waals surface area contributed by atoms with E-state index in [4.69, 9.17) is 4.74 Å². The average molecular weight is 358 g/mol. The molecule has 1 aromatic heterocycles. The first-order chi connectivity index (χ1) is 12.1. The zero-order chi connectivity index (χ0) is 17.8. The second-order valence-corrected chi connectivity index (χ2v) is 6.15. The van der Waals surface area contributed by atoms with E-state index < -0.39 is 24.5 Å². The fourth-order valence-electron chi connectivity index (χ4n) is 2.39. The van der Waals surface area contributed by atoms with E-state index in [-0.39, 0.29) is 23.5 Å². The van der Waals surface area contributed by atoms with E-state index in [9.17, 15) is 19.2 Å². The van der Waals surface area contributed by atoms with Gasteiger partial charge in [-0.2, -0.15) is 0 Å². The zero-order valence-electron chi connectivity index (χ0n) is 13.1. The molecule has 0 aliphatic carbocycles. The number of benzene rings is 1. The van der Waals surface area contributed by atoms with Crippen molar-refractivity contribution in [2.45, 2.75) is 0 Å². The van der Waals surface area contributed by atoms with Gasteiger partial charge in [-0.1, -0.05) is 24.3 Å². The zero-order valence-corrected chi connectivity index (χ0v) is 13.9. The number of thiophene rings is 1. The Morgan fingerprint density at radius 3 is 2.52 bits per heavy atom. The normalized spacial score (nSPS) is 13.4. The number of urea groups is 1. The molecule has 1 N–H and O–H groups in total. The summed E-state index contributed by atoms with van der Waals surface area (Å²) in [5, 5.41) is 4.26. The molecule has 7 nitrogen and oxygen atoms in total. The second kappa shape index (κ2) is 7.27. The van der Waals surface area contributed by atoms with Crippen LogP contribution in [0.2, 0.25) is 0 Å². The minimum Gasteiger partial charge on any atom is -0.452 e. The molecule has 128 valence electrons. The van der Waals surface area contributed by atoms with Crippen molar-refractivity contribution in [2.75, 3.05) is 19.7 Å². The predicted molar refractivity (Wildman–Crippen MR) is 89.6 cm³/mol. The fraction of sp³-hybridized carbons (Fsp3) is 0.176. The predicted octanol–water partition coefficient (Wildman–Crippen LogP) is 1.69. The van der Waals surface area contributed by atoms with E-state index in [0.29, 0.717) is 11.4 Å². The average Bonchev–Trinajstić information content (AvgIpc) is 3.30. The van der Waals surface area contributed by atoms with Gasteiger partial charge in [-0.25, -0.2) is 9.59 Å². The van der Waals surface area contributed by atoms with Crippen LogP contribution in [0.5, 0.6) is 0 Å². The smallest absolute Gasteiger partial charge is 0.339 e. The van der Waals surface area contributed by atoms with Gasteiger partial charge in [0, 0.05) is 18.7 Å². The number of ether oxygens (including phenoxy) is 1. The Morgan fingerprint density at radius 1 is 1.12 bits per heavy atom. The molecule has 0 radical (unpaired) electrons. The van der Waals surface area contributed by atoms with Crippen LogP contribution in [0.4, 0.5) is 4.79 Å². The quantitative estimate of drug-likeness (QED) is 0.648. The summed E-state index contributed by atoms with van der Waals surface area (Å²) in [5.41, 5.74) is 0.292. The van der Waals surface area contributed by atoms with Gasteiger partial charge in [-0.05, 0) is 17.5 Å². The van der Waals surface area contributed by atoms with Crippen LogP contribution in [0.1, 0.15) is 25.6 Å². The molecule has 2 heterocycles. The highest BCUT2D eigenvalue weighted by Gasteiger charge is 2.27. The van der Waals surface area contributed by atoms with Gasteiger partial charge in [0.1, 0.15) is 0 Å². The van der Waals surface area contributed by atoms with Gasteiger partial charge in [0.25, 0.3) is 5.91 Å². The molecule has 0 unspecified atom stereocenters. The maximum atomic E-state index is 12.5. The summed E-state index contributed by atoms with van der Waals surface area (Å²) in [6.45, 7) is 0.0487. The van der Waals surface area contributed by atoms with Crippen molar-refractivity contribution >= 4 is 35.0 Å². The number of ketones is 1. The van der Waals surface area contributed by atoms with Crippen molar-refractivity contribution < 1.29 is 23.9 Å². The van der Waals surface area contributed by atoms with E-state index >= 15 is 0 Å². The Morgan fingerprint density at radius 2 is 1.88 bits per heavy atom. The van der Waals surface area contributed by atoms with Gasteiger partial charge in [0.2, 0.25) is 5.78 Å². The van der Waals surface area contributed by atoms with Gasteiger partial charge in [0.05, 0.1) is 10.4 Å². The van der Waals surface area contributed by atoms with Gasteiger partial charge < -0.3 is 10.1 Å². The monoisotopic (exact) mass is 358 g/mol. The summed E-state index contributed by atoms with van der Waals surface area (Å²) >= 11 is 1.27. The third-order valence-electron chi connectivity index (χ3n) is 3.62. The molecule has 8 heteroatoms. The van der Waals surface area contributed by atoms with Gasteiger partial charge in [-0.3, -0.25) is 14.5 Å². The van der Waals surface area contributed by atoms with Crippen molar-refractivity contribution in [2.24, 2.45) is 0 Å². The lowest BCUT2D eigenvalue weighted by Gasteiger charge is -2.13. The highest BCUT2D eigenvalue weighted by molar-refractivity contribution is 7.12. The van der Waals surface area contributed by atoms with Crippen LogP contribution in [0, 0.1) is 0 Å². The van der Waals surface area contributed by atoms with Gasteiger partial charge in [0.15, 0.2) is 6.61 Å². The number of nitrogens with one attached hydrogen (secondary N) is 1. The van der Waals surface area contributed by atoms with Crippen LogP contribution < -0.4 is 5.32 Å². The molecule has 1 fully saturated rings. The second-order valence-electron chi connectivity index (χ2n) is 5.21. The molecule has 0 atom stereocenters. The number of carbonyl (C=O) groups excluding carboxylic acids is 4. The van der Waals surface area contributed by atoms with Crippen LogP contribution in [0.25, 0.3) is 0 Å². The molecule has 1 saturated heterocycles. The van der Waals surface area contributed by atoms with Crippen molar-refractivity contribution in [3.8, 4) is 0 Å². The van der Waals surface area contributed by atoms with Crippen molar-refractivity contribution in [1.29, 1.82) is 0 Å². The number of carbonyl (C=O) groups is 4. The number of amides is 3. The summed E-state index contributed by atoms with van der Waals surface area (Å²) in [7, 11) is 0. The Labute approximate surface area is 147 Å². The fourth-order valence-corrected chi connectivity index (χ4v) is 3.07. The molecule has 1 aliphatic rings. The minimum atomic E-state index is -0.784. The molecule has 25 heavy (non-hydrogen) atoms. The summed E-state index contributed by atoms with van der Waals surface area (Å²) in [4.78, 5) is 49.6. The van der Waals surface area contributed by atoms with E-state index in [1.165, 1.54) is 23.5 Å². The lowest BCUT2D eigenvalue weighted by molar-refractivity contribution is -0.130. The first-order valence-corrected chi connectivity index (χ1v) is 8.38. The van der Waals surface area contributed by atoms with E-state index in [1.54, 1.807) is 29.6 Å². The van der Waals surface area contributed by atoms with Gasteiger partial charge >= 0.3 is 12.0 Å². The highest BCUT2D eigenvalue weighted by Crippen LogP contribution is 2.19. The molecule has 3 amide bonds. The van der Waals surface area contributed by atoms with Crippen LogP contribution in [0.3, 0.4) is 0 Å². The first-order valence-electron chi connectivity index (χ1n) is 7.50. The molecule has 0 saturated carbocycles. The van der Waals surface area contributed by atoms with Crippen LogP contribution in [-0.2, 0) is 9.53 Å². The highest BCUT2D eigenvalue weighted by atomic mass is 32.1. The molecular formula is C17H14N2O5S. The third kappa shape index (κ3) is 3.58. The molecular weight excluding hydrogens is 344 g/mol. The number of hydrogen-bond donors (Lipinski definition) is 1. The largest absolute Gasteiger partial charge is 0.452 e. The SMILES string of the molecule is O=C(OCC(=O)N1CCNC1=O)c1ccccc1C(=O)c1cccs1. The van der Waals surface area contributed by atoms with Crippen molar-refractivity contribution in [1.82, 2.24) is 10.2 Å². The Kier molecular flexibility index (Phi) is 4.90. The summed E-state index contributed by atoms with van der Waals surface area (Å²) in [6.07, 6.45) is 0. The summed E-state index contributed by atoms with van der Waals surface area (Å²) in [6, 6.07) is 9.18. The molecule has 1 aromatic carbocycles. The van der Waals surface area contributed by atoms with E-state index in [1.807, 2.05) is 0 Å². The number of imide groups is 1. The standard InChI is InChI=1S/C17H14N2O5S/c20-14(19-8-7-18-17(19)23)10-24-16(22)12-5-2-1-4-11(12)15(21)13-6-3-9-25-13/h1-6,9H,7-8,10H2,(H,18,23). The molecule has 3 rings (SSSR count). The third-order valence-corrected chi connectivity index (χ3v) is 4.49.